The van der Waals surface area contributed by atoms with Gasteiger partial charge in [0.2, 0.25) is 0 Å². The fourth-order valence-corrected chi connectivity index (χ4v) is 2.34. The summed E-state index contributed by atoms with van der Waals surface area (Å²) in [7, 11) is 0. The van der Waals surface area contributed by atoms with Gasteiger partial charge >= 0.3 is 0 Å². The van der Waals surface area contributed by atoms with Crippen LogP contribution in [-0.2, 0) is 0 Å². The Balaban J connectivity index is 2.67. The highest BCUT2D eigenvalue weighted by Crippen LogP contribution is 2.27. The summed E-state index contributed by atoms with van der Waals surface area (Å²) >= 11 is 0. The standard InChI is InChI=1S/C19H35N3/c1-7-18(5,8-2)14-21-16-10-12-17(13-11-16)22-19(6,9-3)15(4)20/h10-13,15,21-22H,7-9,14,20H2,1-6H3. The molecule has 0 aromatic heterocycles. The predicted octanol–water partition coefficient (Wildman–Crippen LogP) is 4.85. The Morgan fingerprint density at radius 3 is 1.86 bits per heavy atom. The molecule has 0 spiro atoms. The number of benzene rings is 1. The van der Waals surface area contributed by atoms with E-state index in [4.69, 9.17) is 5.73 Å². The van der Waals surface area contributed by atoms with Crippen LogP contribution in [0.25, 0.3) is 0 Å². The fraction of sp³-hybridized carbons (Fsp3) is 0.684. The van der Waals surface area contributed by atoms with Crippen molar-refractivity contribution in [1.82, 2.24) is 0 Å². The monoisotopic (exact) mass is 305 g/mol. The molecule has 126 valence electrons. The molecule has 0 radical (unpaired) electrons. The zero-order chi connectivity index (χ0) is 16.8. The molecule has 22 heavy (non-hydrogen) atoms. The summed E-state index contributed by atoms with van der Waals surface area (Å²) in [6.07, 6.45) is 3.38. The smallest absolute Gasteiger partial charge is 0.0490 e. The fourth-order valence-electron chi connectivity index (χ4n) is 2.34. The maximum Gasteiger partial charge on any atom is 0.0490 e. The minimum Gasteiger partial charge on any atom is -0.384 e. The van der Waals surface area contributed by atoms with Gasteiger partial charge in [-0.25, -0.2) is 0 Å². The Labute approximate surface area is 137 Å². The van der Waals surface area contributed by atoms with Gasteiger partial charge in [-0.1, -0.05) is 27.7 Å². The summed E-state index contributed by atoms with van der Waals surface area (Å²) in [5.41, 5.74) is 8.71. The van der Waals surface area contributed by atoms with Gasteiger partial charge < -0.3 is 16.4 Å². The van der Waals surface area contributed by atoms with Crippen LogP contribution in [0.5, 0.6) is 0 Å². The molecule has 2 atom stereocenters. The van der Waals surface area contributed by atoms with Crippen LogP contribution in [0.15, 0.2) is 24.3 Å². The van der Waals surface area contributed by atoms with Gasteiger partial charge in [0.25, 0.3) is 0 Å². The van der Waals surface area contributed by atoms with E-state index in [-0.39, 0.29) is 11.6 Å². The van der Waals surface area contributed by atoms with E-state index in [0.717, 1.165) is 18.7 Å². The molecule has 0 saturated carbocycles. The normalized spacial score (nSPS) is 16.0. The lowest BCUT2D eigenvalue weighted by Crippen LogP contribution is -2.49. The first-order valence-electron chi connectivity index (χ1n) is 8.66. The quantitative estimate of drug-likeness (QED) is 0.611. The highest BCUT2D eigenvalue weighted by molar-refractivity contribution is 5.55. The molecule has 0 fully saturated rings. The van der Waals surface area contributed by atoms with E-state index in [9.17, 15) is 0 Å². The number of nitrogens with two attached hydrogens (primary N) is 1. The Morgan fingerprint density at radius 1 is 0.955 bits per heavy atom. The largest absolute Gasteiger partial charge is 0.384 e. The SMILES string of the molecule is CCC(C)(CC)CNc1ccc(NC(C)(CC)C(C)N)cc1. The minimum atomic E-state index is -0.0715. The van der Waals surface area contributed by atoms with Crippen molar-refractivity contribution in [2.75, 3.05) is 17.2 Å². The molecule has 4 N–H and O–H groups in total. The van der Waals surface area contributed by atoms with Crippen molar-refractivity contribution in [1.29, 1.82) is 0 Å². The van der Waals surface area contributed by atoms with Crippen molar-refractivity contribution >= 4 is 11.4 Å². The predicted molar refractivity (Wildman–Crippen MR) is 99.6 cm³/mol. The summed E-state index contributed by atoms with van der Waals surface area (Å²) in [6.45, 7) is 14.3. The summed E-state index contributed by atoms with van der Waals surface area (Å²) in [6, 6.07) is 8.66. The maximum absolute atomic E-state index is 6.11. The van der Waals surface area contributed by atoms with Crippen LogP contribution < -0.4 is 16.4 Å². The second-order valence-electron chi connectivity index (χ2n) is 7.13. The lowest BCUT2D eigenvalue weighted by atomic mass is 9.85. The molecule has 0 heterocycles. The third-order valence-electron chi connectivity index (χ3n) is 5.48. The topological polar surface area (TPSA) is 50.1 Å². The van der Waals surface area contributed by atoms with Gasteiger partial charge in [-0.2, -0.15) is 0 Å². The molecule has 2 unspecified atom stereocenters. The molecular weight excluding hydrogens is 270 g/mol. The Kier molecular flexibility index (Phi) is 6.73. The van der Waals surface area contributed by atoms with E-state index in [2.05, 4.69) is 76.4 Å². The van der Waals surface area contributed by atoms with E-state index in [1.54, 1.807) is 0 Å². The number of anilines is 2. The van der Waals surface area contributed by atoms with E-state index in [1.165, 1.54) is 18.5 Å². The van der Waals surface area contributed by atoms with Gasteiger partial charge in [-0.05, 0) is 62.8 Å². The summed E-state index contributed by atoms with van der Waals surface area (Å²) < 4.78 is 0. The summed E-state index contributed by atoms with van der Waals surface area (Å²) in [5, 5.41) is 7.14. The van der Waals surface area contributed by atoms with Gasteiger partial charge in [-0.15, -0.1) is 0 Å². The Bertz CT molecular complexity index is 434. The molecule has 3 heteroatoms. The van der Waals surface area contributed by atoms with Crippen LogP contribution in [0.1, 0.15) is 60.8 Å². The number of nitrogens with one attached hydrogen (secondary N) is 2. The Morgan fingerprint density at radius 2 is 1.45 bits per heavy atom. The second kappa shape index (κ2) is 7.87. The lowest BCUT2D eigenvalue weighted by molar-refractivity contribution is 0.321. The van der Waals surface area contributed by atoms with Gasteiger partial charge in [0.15, 0.2) is 0 Å². The molecule has 0 aliphatic carbocycles. The highest BCUT2D eigenvalue weighted by Gasteiger charge is 2.26. The third-order valence-corrected chi connectivity index (χ3v) is 5.48. The van der Waals surface area contributed by atoms with Crippen molar-refractivity contribution in [2.24, 2.45) is 11.1 Å². The first-order chi connectivity index (χ1) is 10.3. The molecule has 0 bridgehead atoms. The molecule has 1 aromatic carbocycles. The molecule has 3 nitrogen and oxygen atoms in total. The van der Waals surface area contributed by atoms with Crippen molar-refractivity contribution in [2.45, 2.75) is 72.4 Å². The van der Waals surface area contributed by atoms with Gasteiger partial charge in [0.1, 0.15) is 0 Å². The average molecular weight is 306 g/mol. The van der Waals surface area contributed by atoms with Crippen LogP contribution >= 0.6 is 0 Å². The lowest BCUT2D eigenvalue weighted by Gasteiger charge is -2.34. The van der Waals surface area contributed by atoms with Crippen molar-refractivity contribution in [3.8, 4) is 0 Å². The molecule has 0 amide bonds. The molecule has 0 aliphatic rings. The van der Waals surface area contributed by atoms with E-state index >= 15 is 0 Å². The van der Waals surface area contributed by atoms with Crippen LogP contribution in [0.3, 0.4) is 0 Å². The first-order valence-corrected chi connectivity index (χ1v) is 8.66. The Hall–Kier alpha value is -1.22. The second-order valence-corrected chi connectivity index (χ2v) is 7.13. The average Bonchev–Trinajstić information content (AvgIpc) is 2.53. The zero-order valence-electron chi connectivity index (χ0n) is 15.3. The first kappa shape index (κ1) is 18.8. The van der Waals surface area contributed by atoms with Gasteiger partial charge in [-0.3, -0.25) is 0 Å². The highest BCUT2D eigenvalue weighted by atomic mass is 15.0. The van der Waals surface area contributed by atoms with Crippen molar-refractivity contribution < 1.29 is 0 Å². The van der Waals surface area contributed by atoms with Gasteiger partial charge in [0.05, 0.1) is 0 Å². The van der Waals surface area contributed by atoms with Crippen LogP contribution in [-0.4, -0.2) is 18.1 Å². The van der Waals surface area contributed by atoms with Crippen LogP contribution in [0.4, 0.5) is 11.4 Å². The van der Waals surface area contributed by atoms with E-state index in [0.29, 0.717) is 5.41 Å². The molecular formula is C19H35N3. The molecule has 1 rings (SSSR count). The zero-order valence-corrected chi connectivity index (χ0v) is 15.3. The third kappa shape index (κ3) is 4.91. The van der Waals surface area contributed by atoms with Crippen molar-refractivity contribution in [3.63, 3.8) is 0 Å². The van der Waals surface area contributed by atoms with Crippen molar-refractivity contribution in [3.05, 3.63) is 24.3 Å². The van der Waals surface area contributed by atoms with Crippen LogP contribution in [0, 0.1) is 5.41 Å². The number of hydrogen-bond donors (Lipinski definition) is 3. The molecule has 0 saturated heterocycles. The summed E-state index contributed by atoms with van der Waals surface area (Å²) in [4.78, 5) is 0. The van der Waals surface area contributed by atoms with Crippen LogP contribution in [0.2, 0.25) is 0 Å². The molecule has 0 aliphatic heterocycles. The number of rotatable bonds is 9. The molecule has 1 aromatic rings. The van der Waals surface area contributed by atoms with Gasteiger partial charge in [0, 0.05) is 29.5 Å². The number of hydrogen-bond acceptors (Lipinski definition) is 3. The van der Waals surface area contributed by atoms with E-state index < -0.39 is 0 Å². The summed E-state index contributed by atoms with van der Waals surface area (Å²) in [5.74, 6) is 0. The maximum atomic E-state index is 6.11. The van der Waals surface area contributed by atoms with E-state index in [1.807, 2.05) is 0 Å². The minimum absolute atomic E-state index is 0.0715.